The van der Waals surface area contributed by atoms with E-state index in [1.54, 1.807) is 30.3 Å². The molecular formula is C17H13BrF3NO. The summed E-state index contributed by atoms with van der Waals surface area (Å²) in [7, 11) is 1.37. The van der Waals surface area contributed by atoms with Gasteiger partial charge in [0.2, 0.25) is 0 Å². The molecule has 0 unspecified atom stereocenters. The second-order valence-electron chi connectivity index (χ2n) is 5.38. The van der Waals surface area contributed by atoms with Crippen molar-refractivity contribution in [3.05, 3.63) is 58.1 Å². The second-order valence-corrected chi connectivity index (χ2v) is 6.29. The smallest absolute Gasteiger partial charge is 0.403 e. The predicted octanol–water partition coefficient (Wildman–Crippen LogP) is 5.22. The molecule has 0 saturated carbocycles. The Morgan fingerprint density at radius 2 is 1.91 bits per heavy atom. The minimum atomic E-state index is -4.49. The van der Waals surface area contributed by atoms with Gasteiger partial charge < -0.3 is 4.74 Å². The zero-order chi connectivity index (χ0) is 16.7. The van der Waals surface area contributed by atoms with Crippen molar-refractivity contribution in [2.75, 3.05) is 7.11 Å². The van der Waals surface area contributed by atoms with E-state index in [2.05, 4.69) is 20.9 Å². The minimum absolute atomic E-state index is 0.0735. The third-order valence-electron chi connectivity index (χ3n) is 4.03. The highest BCUT2D eigenvalue weighted by Gasteiger charge is 2.57. The van der Waals surface area contributed by atoms with Crippen molar-refractivity contribution in [3.8, 4) is 5.75 Å². The van der Waals surface area contributed by atoms with Crippen LogP contribution >= 0.6 is 15.9 Å². The molecule has 0 fully saturated rings. The van der Waals surface area contributed by atoms with Crippen LogP contribution in [-0.2, 0) is 11.8 Å². The molecule has 2 nitrogen and oxygen atoms in total. The number of hydrogen-bond donors (Lipinski definition) is 0. The van der Waals surface area contributed by atoms with Crippen LogP contribution in [0.2, 0.25) is 0 Å². The Balaban J connectivity index is 2.22. The number of ether oxygens (including phenoxy) is 1. The van der Waals surface area contributed by atoms with Crippen molar-refractivity contribution in [1.82, 2.24) is 0 Å². The van der Waals surface area contributed by atoms with Gasteiger partial charge in [0.1, 0.15) is 11.2 Å². The lowest BCUT2D eigenvalue weighted by Gasteiger charge is -2.36. The number of rotatable bonds is 2. The van der Waals surface area contributed by atoms with Gasteiger partial charge in [0.05, 0.1) is 12.8 Å². The van der Waals surface area contributed by atoms with Crippen LogP contribution in [0, 0.1) is 0 Å². The van der Waals surface area contributed by atoms with Crippen LogP contribution in [0.5, 0.6) is 5.75 Å². The lowest BCUT2D eigenvalue weighted by Crippen LogP contribution is -2.47. The lowest BCUT2D eigenvalue weighted by atomic mass is 9.73. The molecule has 120 valence electrons. The molecule has 0 amide bonds. The number of benzene rings is 2. The Morgan fingerprint density at radius 3 is 2.61 bits per heavy atom. The van der Waals surface area contributed by atoms with Crippen molar-refractivity contribution in [3.63, 3.8) is 0 Å². The molecule has 6 heteroatoms. The zero-order valence-electron chi connectivity index (χ0n) is 12.2. The van der Waals surface area contributed by atoms with Crippen LogP contribution in [0.25, 0.3) is 0 Å². The number of hydrogen-bond acceptors (Lipinski definition) is 2. The quantitative estimate of drug-likeness (QED) is 0.696. The molecule has 0 aliphatic carbocycles. The maximum absolute atomic E-state index is 14.0. The Labute approximate surface area is 140 Å². The van der Waals surface area contributed by atoms with E-state index >= 15 is 0 Å². The van der Waals surface area contributed by atoms with Gasteiger partial charge in [-0.05, 0) is 36.2 Å². The number of fused-ring (bicyclic) bond motifs is 1. The summed E-state index contributed by atoms with van der Waals surface area (Å²) >= 11 is 3.30. The molecule has 0 N–H and O–H groups in total. The zero-order valence-corrected chi connectivity index (χ0v) is 13.8. The molecular weight excluding hydrogens is 371 g/mol. The Hall–Kier alpha value is -1.82. The van der Waals surface area contributed by atoms with E-state index < -0.39 is 11.6 Å². The van der Waals surface area contributed by atoms with Gasteiger partial charge in [0.25, 0.3) is 0 Å². The maximum Gasteiger partial charge on any atom is 0.403 e. The Kier molecular flexibility index (Phi) is 3.96. The molecule has 1 aliphatic rings. The van der Waals surface area contributed by atoms with E-state index in [9.17, 15) is 13.2 Å². The summed E-state index contributed by atoms with van der Waals surface area (Å²) < 4.78 is 48.0. The van der Waals surface area contributed by atoms with Gasteiger partial charge in [-0.2, -0.15) is 13.2 Å². The molecule has 0 radical (unpaired) electrons. The first-order valence-corrected chi connectivity index (χ1v) is 7.70. The van der Waals surface area contributed by atoms with Gasteiger partial charge in [0.15, 0.2) is 0 Å². The van der Waals surface area contributed by atoms with Crippen molar-refractivity contribution in [2.24, 2.45) is 4.99 Å². The van der Waals surface area contributed by atoms with Crippen molar-refractivity contribution >= 4 is 27.8 Å². The van der Waals surface area contributed by atoms with Crippen molar-refractivity contribution < 1.29 is 17.9 Å². The van der Waals surface area contributed by atoms with Crippen LogP contribution in [0.15, 0.2) is 51.9 Å². The topological polar surface area (TPSA) is 21.6 Å². The molecule has 0 spiro atoms. The highest BCUT2D eigenvalue weighted by atomic mass is 79.9. The molecule has 23 heavy (non-hydrogen) atoms. The summed E-state index contributed by atoms with van der Waals surface area (Å²) in [6.07, 6.45) is -3.71. The summed E-state index contributed by atoms with van der Waals surface area (Å²) in [6, 6.07) is 11.4. The number of aliphatic imine (C=N–C) groups is 1. The summed E-state index contributed by atoms with van der Waals surface area (Å²) in [6.45, 7) is 0. The molecule has 0 aromatic heterocycles. The maximum atomic E-state index is 14.0. The molecule has 1 aliphatic heterocycles. The largest absolute Gasteiger partial charge is 0.496 e. The average Bonchev–Trinajstić information content (AvgIpc) is 2.53. The Bertz CT molecular complexity index is 773. The second kappa shape index (κ2) is 5.67. The van der Waals surface area contributed by atoms with E-state index in [1.165, 1.54) is 19.2 Å². The standard InChI is InChI=1S/C17H13BrF3NO/c1-23-15-5-3-2-4-13(15)16(17(19,20)21)9-11-8-12(18)6-7-14(11)22-10-16/h2-8,10H,9H2,1H3/t16-/m0/s1. The van der Waals surface area contributed by atoms with Gasteiger partial charge in [-0.3, -0.25) is 4.99 Å². The number of methoxy groups -OCH3 is 1. The van der Waals surface area contributed by atoms with Crippen LogP contribution in [0.4, 0.5) is 18.9 Å². The lowest BCUT2D eigenvalue weighted by molar-refractivity contribution is -0.168. The minimum Gasteiger partial charge on any atom is -0.496 e. The molecule has 1 atom stereocenters. The fourth-order valence-electron chi connectivity index (χ4n) is 2.85. The number of para-hydroxylation sites is 1. The van der Waals surface area contributed by atoms with E-state index in [1.807, 2.05) is 0 Å². The number of halogens is 4. The van der Waals surface area contributed by atoms with Gasteiger partial charge in [-0.1, -0.05) is 34.1 Å². The molecule has 0 saturated heterocycles. The van der Waals surface area contributed by atoms with Gasteiger partial charge in [-0.15, -0.1) is 0 Å². The van der Waals surface area contributed by atoms with Crippen LogP contribution < -0.4 is 4.74 Å². The summed E-state index contributed by atoms with van der Waals surface area (Å²) in [5, 5.41) is 0. The molecule has 2 aromatic carbocycles. The highest BCUT2D eigenvalue weighted by molar-refractivity contribution is 9.10. The third kappa shape index (κ3) is 2.65. The fraction of sp³-hybridized carbons (Fsp3) is 0.235. The predicted molar refractivity (Wildman–Crippen MR) is 86.7 cm³/mol. The van der Waals surface area contributed by atoms with E-state index in [0.717, 1.165) is 10.7 Å². The van der Waals surface area contributed by atoms with Crippen LogP contribution in [-0.4, -0.2) is 19.5 Å². The highest BCUT2D eigenvalue weighted by Crippen LogP contribution is 2.49. The van der Waals surface area contributed by atoms with Crippen LogP contribution in [0.3, 0.4) is 0 Å². The van der Waals surface area contributed by atoms with Gasteiger partial charge in [0, 0.05) is 16.3 Å². The molecule has 1 heterocycles. The summed E-state index contributed by atoms with van der Waals surface area (Å²) in [5.41, 5.74) is -1.02. The first-order chi connectivity index (χ1) is 10.9. The van der Waals surface area contributed by atoms with Crippen LogP contribution in [0.1, 0.15) is 11.1 Å². The van der Waals surface area contributed by atoms with Crippen molar-refractivity contribution in [2.45, 2.75) is 18.0 Å². The van der Waals surface area contributed by atoms with Gasteiger partial charge in [-0.25, -0.2) is 0 Å². The van der Waals surface area contributed by atoms with E-state index in [4.69, 9.17) is 4.74 Å². The average molecular weight is 384 g/mol. The van der Waals surface area contributed by atoms with Crippen molar-refractivity contribution in [1.29, 1.82) is 0 Å². The summed E-state index contributed by atoms with van der Waals surface area (Å²) in [5.74, 6) is 0.203. The van der Waals surface area contributed by atoms with E-state index in [-0.39, 0.29) is 17.7 Å². The first-order valence-electron chi connectivity index (χ1n) is 6.91. The monoisotopic (exact) mass is 383 g/mol. The fourth-order valence-corrected chi connectivity index (χ4v) is 3.26. The SMILES string of the molecule is COc1ccccc1[C@@]1(C(F)(F)F)C=Nc2ccc(Br)cc2C1. The molecule has 3 rings (SSSR count). The molecule has 2 aromatic rings. The number of nitrogens with zero attached hydrogens (tertiary/aromatic N) is 1. The molecule has 0 bridgehead atoms. The van der Waals surface area contributed by atoms with Gasteiger partial charge >= 0.3 is 6.18 Å². The number of alkyl halides is 3. The third-order valence-corrected chi connectivity index (χ3v) is 4.52. The Morgan fingerprint density at radius 1 is 1.17 bits per heavy atom. The summed E-state index contributed by atoms with van der Waals surface area (Å²) in [4.78, 5) is 4.08. The normalized spacial score (nSPS) is 20.2. The van der Waals surface area contributed by atoms with E-state index in [0.29, 0.717) is 11.3 Å². The first kappa shape index (κ1) is 16.1.